The largest absolute Gasteiger partial charge is 0.248 e. The van der Waals surface area contributed by atoms with Crippen LogP contribution >= 0.6 is 0 Å². The number of benzene rings is 1. The topological polar surface area (TPSA) is 59.9 Å². The van der Waals surface area contributed by atoms with Crippen LogP contribution in [0.5, 0.6) is 0 Å². The van der Waals surface area contributed by atoms with Gasteiger partial charge in [-0.05, 0) is 48.2 Å². The van der Waals surface area contributed by atoms with Gasteiger partial charge in [-0.25, -0.2) is 18.4 Å². The SMILES string of the molecule is O=S(=O)(Cc1cccc(C#Cc2ccccn2)n1)c1ccccc1. The number of hydrogen-bond acceptors (Lipinski definition) is 4. The van der Waals surface area contributed by atoms with E-state index in [0.29, 0.717) is 17.1 Å². The molecule has 0 atom stereocenters. The molecule has 2 aromatic heterocycles. The van der Waals surface area contributed by atoms with E-state index in [1.165, 1.54) is 0 Å². The molecule has 118 valence electrons. The van der Waals surface area contributed by atoms with Crippen molar-refractivity contribution in [2.75, 3.05) is 0 Å². The number of hydrogen-bond donors (Lipinski definition) is 0. The van der Waals surface area contributed by atoms with Crippen LogP contribution in [0, 0.1) is 11.8 Å². The first kappa shape index (κ1) is 15.9. The van der Waals surface area contributed by atoms with Gasteiger partial charge in [0, 0.05) is 6.20 Å². The lowest BCUT2D eigenvalue weighted by atomic mass is 10.3. The Balaban J connectivity index is 1.83. The Morgan fingerprint density at radius 3 is 2.25 bits per heavy atom. The third kappa shape index (κ3) is 4.06. The highest BCUT2D eigenvalue weighted by Crippen LogP contribution is 2.15. The Morgan fingerprint density at radius 2 is 1.50 bits per heavy atom. The molecule has 0 saturated heterocycles. The van der Waals surface area contributed by atoms with E-state index in [-0.39, 0.29) is 10.6 Å². The number of nitrogens with zero attached hydrogens (tertiary/aromatic N) is 2. The van der Waals surface area contributed by atoms with Crippen molar-refractivity contribution in [3.63, 3.8) is 0 Å². The predicted octanol–water partition coefficient (Wildman–Crippen LogP) is 2.85. The van der Waals surface area contributed by atoms with E-state index in [1.54, 1.807) is 60.8 Å². The van der Waals surface area contributed by atoms with Crippen LogP contribution in [0.15, 0.2) is 77.8 Å². The maximum Gasteiger partial charge on any atom is 0.184 e. The second kappa shape index (κ2) is 7.07. The molecule has 0 aliphatic rings. The minimum atomic E-state index is -3.42. The van der Waals surface area contributed by atoms with Gasteiger partial charge in [-0.2, -0.15) is 0 Å². The van der Waals surface area contributed by atoms with Crippen LogP contribution in [0.3, 0.4) is 0 Å². The molecule has 0 fully saturated rings. The van der Waals surface area contributed by atoms with E-state index in [2.05, 4.69) is 21.8 Å². The lowest BCUT2D eigenvalue weighted by Gasteiger charge is -2.04. The van der Waals surface area contributed by atoms with Gasteiger partial charge in [0.05, 0.1) is 16.3 Å². The summed E-state index contributed by atoms with van der Waals surface area (Å²) in [5.41, 5.74) is 1.62. The zero-order valence-electron chi connectivity index (χ0n) is 12.8. The summed E-state index contributed by atoms with van der Waals surface area (Å²) in [5, 5.41) is 0. The molecule has 0 saturated carbocycles. The van der Waals surface area contributed by atoms with Crippen LogP contribution < -0.4 is 0 Å². The van der Waals surface area contributed by atoms with Gasteiger partial charge in [0.1, 0.15) is 11.4 Å². The van der Waals surface area contributed by atoms with Crippen molar-refractivity contribution in [2.24, 2.45) is 0 Å². The molecule has 1 aromatic carbocycles. The van der Waals surface area contributed by atoms with Gasteiger partial charge in [-0.1, -0.05) is 30.3 Å². The quantitative estimate of drug-likeness (QED) is 0.691. The van der Waals surface area contributed by atoms with E-state index in [0.717, 1.165) is 0 Å². The monoisotopic (exact) mass is 334 g/mol. The fourth-order valence-corrected chi connectivity index (χ4v) is 3.39. The van der Waals surface area contributed by atoms with E-state index < -0.39 is 9.84 Å². The molecule has 3 rings (SSSR count). The molecule has 0 N–H and O–H groups in total. The fourth-order valence-electron chi connectivity index (χ4n) is 2.10. The molecular weight excluding hydrogens is 320 g/mol. The van der Waals surface area contributed by atoms with E-state index in [1.807, 2.05) is 12.1 Å². The maximum absolute atomic E-state index is 12.4. The number of pyridine rings is 2. The highest BCUT2D eigenvalue weighted by Gasteiger charge is 2.15. The highest BCUT2D eigenvalue weighted by molar-refractivity contribution is 7.90. The Labute approximate surface area is 141 Å². The average molecular weight is 334 g/mol. The first-order valence-electron chi connectivity index (χ1n) is 7.30. The summed E-state index contributed by atoms with van der Waals surface area (Å²) >= 11 is 0. The molecule has 4 nitrogen and oxygen atoms in total. The van der Waals surface area contributed by atoms with Crippen molar-refractivity contribution in [1.29, 1.82) is 0 Å². The van der Waals surface area contributed by atoms with Gasteiger partial charge in [-0.15, -0.1) is 0 Å². The zero-order valence-corrected chi connectivity index (χ0v) is 13.6. The molecule has 0 amide bonds. The third-order valence-corrected chi connectivity index (χ3v) is 4.90. The molecule has 0 aliphatic carbocycles. The second-order valence-electron chi connectivity index (χ2n) is 5.05. The van der Waals surface area contributed by atoms with Crippen molar-refractivity contribution in [3.8, 4) is 11.8 Å². The fraction of sp³-hybridized carbons (Fsp3) is 0.0526. The zero-order chi connectivity index (χ0) is 16.8. The smallest absolute Gasteiger partial charge is 0.184 e. The Kier molecular flexibility index (Phi) is 4.69. The van der Waals surface area contributed by atoms with E-state index in [9.17, 15) is 8.42 Å². The van der Waals surface area contributed by atoms with E-state index in [4.69, 9.17) is 0 Å². The first-order valence-corrected chi connectivity index (χ1v) is 8.95. The van der Waals surface area contributed by atoms with Crippen LogP contribution in [-0.4, -0.2) is 18.4 Å². The molecule has 0 bridgehead atoms. The summed E-state index contributed by atoms with van der Waals surface area (Å²) in [6.07, 6.45) is 1.67. The van der Waals surface area contributed by atoms with Crippen molar-refractivity contribution >= 4 is 9.84 Å². The molecule has 3 aromatic rings. The van der Waals surface area contributed by atoms with Crippen LogP contribution in [0.25, 0.3) is 0 Å². The molecule has 5 heteroatoms. The summed E-state index contributed by atoms with van der Waals surface area (Å²) in [6.45, 7) is 0. The lowest BCUT2D eigenvalue weighted by Crippen LogP contribution is -2.06. The predicted molar refractivity (Wildman–Crippen MR) is 91.8 cm³/mol. The minimum absolute atomic E-state index is 0.157. The summed E-state index contributed by atoms with van der Waals surface area (Å²) in [7, 11) is -3.42. The van der Waals surface area contributed by atoms with Crippen molar-refractivity contribution in [3.05, 3.63) is 90.0 Å². The van der Waals surface area contributed by atoms with Crippen LogP contribution in [-0.2, 0) is 15.6 Å². The molecule has 24 heavy (non-hydrogen) atoms. The van der Waals surface area contributed by atoms with Crippen molar-refractivity contribution < 1.29 is 8.42 Å². The molecule has 2 heterocycles. The Bertz CT molecular complexity index is 990. The van der Waals surface area contributed by atoms with E-state index >= 15 is 0 Å². The van der Waals surface area contributed by atoms with Gasteiger partial charge in [0.25, 0.3) is 0 Å². The Morgan fingerprint density at radius 1 is 0.792 bits per heavy atom. The summed E-state index contributed by atoms with van der Waals surface area (Å²) < 4.78 is 24.8. The summed E-state index contributed by atoms with van der Waals surface area (Å²) in [6, 6.07) is 19.0. The molecule has 0 radical (unpaired) electrons. The Hall–Kier alpha value is -2.97. The van der Waals surface area contributed by atoms with Crippen LogP contribution in [0.4, 0.5) is 0 Å². The van der Waals surface area contributed by atoms with Crippen LogP contribution in [0.1, 0.15) is 17.1 Å². The number of rotatable bonds is 3. The second-order valence-corrected chi connectivity index (χ2v) is 7.04. The normalized spacial score (nSPS) is 10.7. The van der Waals surface area contributed by atoms with Gasteiger partial charge >= 0.3 is 0 Å². The summed E-state index contributed by atoms with van der Waals surface area (Å²) in [4.78, 5) is 8.72. The standard InChI is InChI=1S/C19H14N2O2S/c22-24(23,19-10-2-1-3-11-19)15-18-9-6-8-17(21-18)13-12-16-7-4-5-14-20-16/h1-11,14H,15H2. The van der Waals surface area contributed by atoms with Crippen molar-refractivity contribution in [2.45, 2.75) is 10.6 Å². The number of sulfone groups is 1. The van der Waals surface area contributed by atoms with Crippen molar-refractivity contribution in [1.82, 2.24) is 9.97 Å². The van der Waals surface area contributed by atoms with Gasteiger partial charge in [-0.3, -0.25) is 0 Å². The first-order chi connectivity index (χ1) is 11.6. The minimum Gasteiger partial charge on any atom is -0.248 e. The molecular formula is C19H14N2O2S. The van der Waals surface area contributed by atoms with Gasteiger partial charge < -0.3 is 0 Å². The average Bonchev–Trinajstić information content (AvgIpc) is 2.62. The molecule has 0 unspecified atom stereocenters. The third-order valence-electron chi connectivity index (χ3n) is 3.23. The number of aromatic nitrogens is 2. The lowest BCUT2D eigenvalue weighted by molar-refractivity contribution is 0.594. The highest BCUT2D eigenvalue weighted by atomic mass is 32.2. The summed E-state index contributed by atoms with van der Waals surface area (Å²) in [5.74, 6) is 5.66. The maximum atomic E-state index is 12.4. The van der Waals surface area contributed by atoms with Gasteiger partial charge in [0.15, 0.2) is 9.84 Å². The van der Waals surface area contributed by atoms with Gasteiger partial charge in [0.2, 0.25) is 0 Å². The van der Waals surface area contributed by atoms with Crippen LogP contribution in [0.2, 0.25) is 0 Å². The molecule has 0 aliphatic heterocycles. The molecule has 0 spiro atoms.